The Bertz CT molecular complexity index is 484. The number of carbonyl (C=O) groups is 1. The lowest BCUT2D eigenvalue weighted by atomic mass is 9.94. The van der Waals surface area contributed by atoms with E-state index < -0.39 is 5.97 Å². The third-order valence-electron chi connectivity index (χ3n) is 8.32. The van der Waals surface area contributed by atoms with Gasteiger partial charge >= 0.3 is 5.97 Å². The molecule has 1 N–H and O–H groups in total. The van der Waals surface area contributed by atoms with Gasteiger partial charge in [-0.1, -0.05) is 180 Å². The van der Waals surface area contributed by atoms with Crippen molar-refractivity contribution in [1.29, 1.82) is 0 Å². The lowest BCUT2D eigenvalue weighted by Gasteiger charge is -2.12. The van der Waals surface area contributed by atoms with Gasteiger partial charge in [-0.2, -0.15) is 0 Å². The fourth-order valence-electron chi connectivity index (χ4n) is 5.61. The van der Waals surface area contributed by atoms with E-state index >= 15 is 0 Å². The summed E-state index contributed by atoms with van der Waals surface area (Å²) >= 11 is 0. The summed E-state index contributed by atoms with van der Waals surface area (Å²) in [6.45, 7) is 4.55. The van der Waals surface area contributed by atoms with Crippen molar-refractivity contribution >= 4 is 5.97 Å². The summed E-state index contributed by atoms with van der Waals surface area (Å²) in [6.07, 6.45) is 43.9. The van der Waals surface area contributed by atoms with Crippen LogP contribution in [0.2, 0.25) is 0 Å². The van der Waals surface area contributed by atoms with Gasteiger partial charge in [-0.05, 0) is 38.5 Å². The first-order valence-electron chi connectivity index (χ1n) is 17.6. The summed E-state index contributed by atoms with van der Waals surface area (Å²) in [5, 5.41) is 9.60. The molecule has 0 fully saturated rings. The van der Waals surface area contributed by atoms with Gasteiger partial charge in [-0.25, -0.2) is 0 Å². The van der Waals surface area contributed by atoms with E-state index in [-0.39, 0.29) is 5.92 Å². The third kappa shape index (κ3) is 29.8. The molecule has 0 aromatic rings. The monoisotopic (exact) mass is 535 g/mol. The highest BCUT2D eigenvalue weighted by Crippen LogP contribution is 2.20. The Balaban J connectivity index is 3.42. The Kier molecular flexibility index (Phi) is 31.7. The molecule has 0 radical (unpaired) electrons. The van der Waals surface area contributed by atoms with Crippen molar-refractivity contribution in [3.63, 3.8) is 0 Å². The van der Waals surface area contributed by atoms with Crippen LogP contribution in [-0.4, -0.2) is 11.1 Å². The maximum absolute atomic E-state index is 11.7. The maximum atomic E-state index is 11.7. The van der Waals surface area contributed by atoms with E-state index in [4.69, 9.17) is 0 Å². The number of hydrogen-bond acceptors (Lipinski definition) is 1. The van der Waals surface area contributed by atoms with E-state index in [1.165, 1.54) is 167 Å². The van der Waals surface area contributed by atoms with Gasteiger partial charge in [0.2, 0.25) is 0 Å². The lowest BCUT2D eigenvalue weighted by molar-refractivity contribution is -0.142. The largest absolute Gasteiger partial charge is 0.481 e. The van der Waals surface area contributed by atoms with Crippen LogP contribution in [0.4, 0.5) is 0 Å². The van der Waals surface area contributed by atoms with Crippen molar-refractivity contribution < 1.29 is 9.90 Å². The van der Waals surface area contributed by atoms with Gasteiger partial charge in [0, 0.05) is 0 Å². The van der Waals surface area contributed by atoms with Gasteiger partial charge in [0.25, 0.3) is 0 Å². The standard InChI is InChI=1S/C36H70O2/c1-3-5-7-9-11-13-15-17-19-20-22-24-26-28-30-32-34-35(36(37)38)33-31-29-27-25-23-21-18-16-14-12-10-8-6-4-2/h13,15,35H,3-12,14,16-34H2,1-2H3,(H,37,38). The van der Waals surface area contributed by atoms with Crippen molar-refractivity contribution in [1.82, 2.24) is 0 Å². The summed E-state index contributed by atoms with van der Waals surface area (Å²) in [5.74, 6) is -0.665. The molecule has 0 aliphatic carbocycles. The SMILES string of the molecule is CCCCCCC=CCCCCCCCCCCC(CCCCCCCCCCCCCCCC)C(=O)O. The van der Waals surface area contributed by atoms with Crippen molar-refractivity contribution in [2.45, 2.75) is 206 Å². The first-order valence-corrected chi connectivity index (χ1v) is 17.6. The molecule has 0 amide bonds. The highest BCUT2D eigenvalue weighted by Gasteiger charge is 2.16. The second-order valence-corrected chi connectivity index (χ2v) is 12.1. The maximum Gasteiger partial charge on any atom is 0.306 e. The molecule has 0 rings (SSSR count). The molecule has 0 aromatic heterocycles. The number of carboxylic acids is 1. The molecule has 38 heavy (non-hydrogen) atoms. The third-order valence-corrected chi connectivity index (χ3v) is 8.32. The van der Waals surface area contributed by atoms with E-state index in [0.29, 0.717) is 0 Å². The Morgan fingerprint density at radius 3 is 1.03 bits per heavy atom. The van der Waals surface area contributed by atoms with Crippen LogP contribution in [0.3, 0.4) is 0 Å². The summed E-state index contributed by atoms with van der Waals surface area (Å²) in [6, 6.07) is 0. The van der Waals surface area contributed by atoms with Gasteiger partial charge in [0.15, 0.2) is 0 Å². The molecule has 2 heteroatoms. The summed E-state index contributed by atoms with van der Waals surface area (Å²) in [5.41, 5.74) is 0. The van der Waals surface area contributed by atoms with Crippen molar-refractivity contribution in [3.8, 4) is 0 Å². The molecule has 0 aliphatic rings. The fourth-order valence-corrected chi connectivity index (χ4v) is 5.61. The second-order valence-electron chi connectivity index (χ2n) is 12.1. The highest BCUT2D eigenvalue weighted by atomic mass is 16.4. The fraction of sp³-hybridized carbons (Fsp3) is 0.917. The summed E-state index contributed by atoms with van der Waals surface area (Å²) in [4.78, 5) is 11.7. The minimum absolute atomic E-state index is 0.105. The predicted octanol–water partition coefficient (Wildman–Crippen LogP) is 13.0. The quantitative estimate of drug-likeness (QED) is 0.0688. The molecule has 0 heterocycles. The molecular formula is C36H70O2. The molecule has 2 nitrogen and oxygen atoms in total. The Labute approximate surface area is 240 Å². The predicted molar refractivity (Wildman–Crippen MR) is 170 cm³/mol. The zero-order valence-corrected chi connectivity index (χ0v) is 26.3. The Morgan fingerprint density at radius 2 is 0.711 bits per heavy atom. The zero-order chi connectivity index (χ0) is 27.8. The van der Waals surface area contributed by atoms with Crippen LogP contribution >= 0.6 is 0 Å². The van der Waals surface area contributed by atoms with E-state index in [2.05, 4.69) is 26.0 Å². The van der Waals surface area contributed by atoms with Gasteiger partial charge in [0.05, 0.1) is 5.92 Å². The zero-order valence-electron chi connectivity index (χ0n) is 26.3. The number of carboxylic acid groups (broad SMARTS) is 1. The molecule has 0 aromatic carbocycles. The first kappa shape index (κ1) is 37.2. The number of hydrogen-bond donors (Lipinski definition) is 1. The molecule has 226 valence electrons. The van der Waals surface area contributed by atoms with Crippen LogP contribution in [0, 0.1) is 5.92 Å². The van der Waals surface area contributed by atoms with Gasteiger partial charge < -0.3 is 5.11 Å². The van der Waals surface area contributed by atoms with E-state index in [9.17, 15) is 9.90 Å². The van der Waals surface area contributed by atoms with Crippen LogP contribution in [0.25, 0.3) is 0 Å². The minimum Gasteiger partial charge on any atom is -0.481 e. The van der Waals surface area contributed by atoms with Crippen molar-refractivity contribution in [3.05, 3.63) is 12.2 Å². The lowest BCUT2D eigenvalue weighted by Crippen LogP contribution is -2.13. The number of unbranched alkanes of at least 4 members (excludes halogenated alkanes) is 25. The van der Waals surface area contributed by atoms with Crippen molar-refractivity contribution in [2.24, 2.45) is 5.92 Å². The van der Waals surface area contributed by atoms with Crippen LogP contribution in [0.1, 0.15) is 206 Å². The van der Waals surface area contributed by atoms with Gasteiger partial charge in [-0.15, -0.1) is 0 Å². The molecule has 0 aliphatic heterocycles. The molecular weight excluding hydrogens is 464 g/mol. The average Bonchev–Trinajstić information content (AvgIpc) is 2.91. The molecule has 1 unspecified atom stereocenters. The van der Waals surface area contributed by atoms with Crippen LogP contribution in [0.5, 0.6) is 0 Å². The van der Waals surface area contributed by atoms with E-state index in [0.717, 1.165) is 25.7 Å². The number of allylic oxidation sites excluding steroid dienone is 2. The summed E-state index contributed by atoms with van der Waals surface area (Å²) < 4.78 is 0. The van der Waals surface area contributed by atoms with Gasteiger partial charge in [0.1, 0.15) is 0 Å². The van der Waals surface area contributed by atoms with Gasteiger partial charge in [-0.3, -0.25) is 4.79 Å². The second kappa shape index (κ2) is 32.4. The smallest absolute Gasteiger partial charge is 0.306 e. The van der Waals surface area contributed by atoms with Crippen LogP contribution in [0.15, 0.2) is 12.2 Å². The topological polar surface area (TPSA) is 37.3 Å². The molecule has 0 saturated carbocycles. The summed E-state index contributed by atoms with van der Waals surface area (Å²) in [7, 11) is 0. The van der Waals surface area contributed by atoms with E-state index in [1.807, 2.05) is 0 Å². The normalized spacial score (nSPS) is 12.5. The van der Waals surface area contributed by atoms with E-state index in [1.54, 1.807) is 0 Å². The first-order chi connectivity index (χ1) is 18.7. The van der Waals surface area contributed by atoms with Crippen molar-refractivity contribution in [2.75, 3.05) is 0 Å². The molecule has 1 atom stereocenters. The molecule has 0 bridgehead atoms. The number of rotatable bonds is 32. The Morgan fingerprint density at radius 1 is 0.447 bits per heavy atom. The minimum atomic E-state index is -0.560. The Hall–Kier alpha value is -0.790. The molecule has 0 saturated heterocycles. The van der Waals surface area contributed by atoms with Crippen LogP contribution in [-0.2, 0) is 4.79 Å². The molecule has 0 spiro atoms. The average molecular weight is 535 g/mol. The number of aliphatic carboxylic acids is 1. The highest BCUT2D eigenvalue weighted by molar-refractivity contribution is 5.69. The van der Waals surface area contributed by atoms with Crippen LogP contribution < -0.4 is 0 Å².